The molecule has 2 aromatic rings. The summed E-state index contributed by atoms with van der Waals surface area (Å²) in [4.78, 5) is 1.81. The second-order valence-corrected chi connectivity index (χ2v) is 4.94. The van der Waals surface area contributed by atoms with Gasteiger partial charge in [-0.15, -0.1) is 0 Å². The van der Waals surface area contributed by atoms with E-state index in [1.165, 1.54) is 17.8 Å². The monoisotopic (exact) mass is 266 g/mol. The number of hydrogen-bond donors (Lipinski definition) is 1. The highest BCUT2D eigenvalue weighted by Gasteiger charge is 2.04. The van der Waals surface area contributed by atoms with Crippen LogP contribution in [0.1, 0.15) is 0 Å². The first-order valence-electron chi connectivity index (χ1n) is 4.99. The van der Waals surface area contributed by atoms with Gasteiger partial charge in [-0.1, -0.05) is 23.4 Å². The van der Waals surface area contributed by atoms with Gasteiger partial charge in [0.25, 0.3) is 0 Å². The quantitative estimate of drug-likeness (QED) is 0.903. The van der Waals surface area contributed by atoms with Crippen LogP contribution in [0.2, 0.25) is 5.02 Å². The molecule has 1 N–H and O–H groups in total. The van der Waals surface area contributed by atoms with Crippen molar-refractivity contribution < 1.29 is 9.84 Å². The lowest BCUT2D eigenvalue weighted by Gasteiger charge is -2.05. The number of hydrogen-bond acceptors (Lipinski definition) is 3. The minimum absolute atomic E-state index is 0.193. The first-order valence-corrected chi connectivity index (χ1v) is 6.19. The Labute approximate surface area is 109 Å². The maximum atomic E-state index is 9.72. The molecule has 17 heavy (non-hydrogen) atoms. The second-order valence-electron chi connectivity index (χ2n) is 3.39. The molecule has 0 amide bonds. The number of halogens is 1. The molecule has 0 saturated heterocycles. The summed E-state index contributed by atoms with van der Waals surface area (Å²) in [6.07, 6.45) is 0. The summed E-state index contributed by atoms with van der Waals surface area (Å²) >= 11 is 7.25. The zero-order chi connectivity index (χ0) is 12.3. The van der Waals surface area contributed by atoms with Crippen molar-refractivity contribution in [2.45, 2.75) is 9.79 Å². The van der Waals surface area contributed by atoms with Gasteiger partial charge in [0.05, 0.1) is 12.0 Å². The van der Waals surface area contributed by atoms with Crippen molar-refractivity contribution in [1.29, 1.82) is 0 Å². The lowest BCUT2D eigenvalue weighted by atomic mass is 10.3. The highest BCUT2D eigenvalue weighted by molar-refractivity contribution is 7.99. The predicted octanol–water partition coefficient (Wildman–Crippen LogP) is 4.21. The molecule has 0 aliphatic carbocycles. The van der Waals surface area contributed by atoms with Gasteiger partial charge in [-0.2, -0.15) is 0 Å². The van der Waals surface area contributed by atoms with E-state index >= 15 is 0 Å². The zero-order valence-electron chi connectivity index (χ0n) is 9.18. The Morgan fingerprint density at radius 3 is 2.41 bits per heavy atom. The largest absolute Gasteiger partial charge is 0.507 e. The van der Waals surface area contributed by atoms with Gasteiger partial charge < -0.3 is 9.84 Å². The maximum Gasteiger partial charge on any atom is 0.130 e. The molecule has 0 aliphatic heterocycles. The van der Waals surface area contributed by atoms with E-state index in [9.17, 15) is 5.11 Å². The summed E-state index contributed by atoms with van der Waals surface area (Å²) in [6.45, 7) is 0. The van der Waals surface area contributed by atoms with E-state index in [1.54, 1.807) is 19.2 Å². The molecular weight excluding hydrogens is 256 g/mol. The normalized spacial score (nSPS) is 10.2. The van der Waals surface area contributed by atoms with Gasteiger partial charge in [0.1, 0.15) is 11.5 Å². The smallest absolute Gasteiger partial charge is 0.130 e. The molecule has 0 aromatic heterocycles. The minimum Gasteiger partial charge on any atom is -0.507 e. The molecule has 0 atom stereocenters. The van der Waals surface area contributed by atoms with Crippen LogP contribution in [0.5, 0.6) is 11.5 Å². The van der Waals surface area contributed by atoms with Crippen LogP contribution in [0.4, 0.5) is 0 Å². The standard InChI is InChI=1S/C13H11ClO2S/c1-16-10-3-5-11(6-4-10)17-13-7-2-9(14)8-12(13)15/h2-8,15H,1H3. The number of rotatable bonds is 3. The first-order chi connectivity index (χ1) is 8.19. The van der Waals surface area contributed by atoms with E-state index < -0.39 is 0 Å². The minimum atomic E-state index is 0.193. The van der Waals surface area contributed by atoms with Crippen molar-refractivity contribution in [1.82, 2.24) is 0 Å². The number of aromatic hydroxyl groups is 1. The fourth-order valence-corrected chi connectivity index (χ4v) is 2.34. The Morgan fingerprint density at radius 1 is 1.12 bits per heavy atom. The molecule has 4 heteroatoms. The van der Waals surface area contributed by atoms with Crippen LogP contribution in [0.3, 0.4) is 0 Å². The fraction of sp³-hybridized carbons (Fsp3) is 0.0769. The molecule has 2 nitrogen and oxygen atoms in total. The van der Waals surface area contributed by atoms with Crippen molar-refractivity contribution in [3.05, 3.63) is 47.5 Å². The third-order valence-corrected chi connectivity index (χ3v) is 3.52. The SMILES string of the molecule is COc1ccc(Sc2ccc(Cl)cc2O)cc1. The Balaban J connectivity index is 2.19. The Kier molecular flexibility index (Phi) is 3.82. The molecule has 0 fully saturated rings. The summed E-state index contributed by atoms with van der Waals surface area (Å²) in [7, 11) is 1.63. The maximum absolute atomic E-state index is 9.72. The van der Waals surface area contributed by atoms with Crippen LogP contribution in [0.15, 0.2) is 52.3 Å². The summed E-state index contributed by atoms with van der Waals surface area (Å²) < 4.78 is 5.08. The van der Waals surface area contributed by atoms with Gasteiger partial charge in [0, 0.05) is 9.92 Å². The third kappa shape index (κ3) is 3.08. The molecule has 0 spiro atoms. The average Bonchev–Trinajstić information content (AvgIpc) is 2.34. The highest BCUT2D eigenvalue weighted by atomic mass is 35.5. The fourth-order valence-electron chi connectivity index (χ4n) is 1.35. The van der Waals surface area contributed by atoms with Crippen LogP contribution < -0.4 is 4.74 Å². The zero-order valence-corrected chi connectivity index (χ0v) is 10.8. The van der Waals surface area contributed by atoms with Crippen LogP contribution >= 0.6 is 23.4 Å². The van der Waals surface area contributed by atoms with Gasteiger partial charge in [0.2, 0.25) is 0 Å². The highest BCUT2D eigenvalue weighted by Crippen LogP contribution is 2.36. The van der Waals surface area contributed by atoms with E-state index in [4.69, 9.17) is 16.3 Å². The molecular formula is C13H11ClO2S. The third-order valence-electron chi connectivity index (χ3n) is 2.21. The predicted molar refractivity (Wildman–Crippen MR) is 70.2 cm³/mol. The van der Waals surface area contributed by atoms with Crippen LogP contribution in [0, 0.1) is 0 Å². The molecule has 2 aromatic carbocycles. The number of methoxy groups -OCH3 is 1. The van der Waals surface area contributed by atoms with Crippen LogP contribution in [0.25, 0.3) is 0 Å². The van der Waals surface area contributed by atoms with Gasteiger partial charge in [-0.25, -0.2) is 0 Å². The lowest BCUT2D eigenvalue weighted by molar-refractivity contribution is 0.414. The summed E-state index contributed by atoms with van der Waals surface area (Å²) in [5.41, 5.74) is 0. The molecule has 2 rings (SSSR count). The molecule has 0 saturated carbocycles. The van der Waals surface area contributed by atoms with E-state index in [-0.39, 0.29) is 5.75 Å². The van der Waals surface area contributed by atoms with E-state index in [0.29, 0.717) is 5.02 Å². The van der Waals surface area contributed by atoms with E-state index in [1.807, 2.05) is 24.3 Å². The second kappa shape index (κ2) is 5.34. The summed E-state index contributed by atoms with van der Waals surface area (Å²) in [6, 6.07) is 12.7. The van der Waals surface area contributed by atoms with E-state index in [2.05, 4.69) is 0 Å². The molecule has 0 unspecified atom stereocenters. The number of ether oxygens (including phenoxy) is 1. The number of phenolic OH excluding ortho intramolecular Hbond substituents is 1. The molecule has 0 aliphatic rings. The number of benzene rings is 2. The van der Waals surface area contributed by atoms with Crippen LogP contribution in [-0.2, 0) is 0 Å². The van der Waals surface area contributed by atoms with Gasteiger partial charge in [-0.05, 0) is 42.5 Å². The van der Waals surface area contributed by atoms with Crippen molar-refractivity contribution in [3.8, 4) is 11.5 Å². The Bertz CT molecular complexity index is 511. The van der Waals surface area contributed by atoms with E-state index in [0.717, 1.165) is 15.5 Å². The van der Waals surface area contributed by atoms with Crippen molar-refractivity contribution in [3.63, 3.8) is 0 Å². The lowest BCUT2D eigenvalue weighted by Crippen LogP contribution is -1.81. The van der Waals surface area contributed by atoms with Crippen LogP contribution in [-0.4, -0.2) is 12.2 Å². The van der Waals surface area contributed by atoms with Gasteiger partial charge in [-0.3, -0.25) is 0 Å². The summed E-state index contributed by atoms with van der Waals surface area (Å²) in [5.74, 6) is 1.01. The molecule has 0 bridgehead atoms. The van der Waals surface area contributed by atoms with Crippen molar-refractivity contribution in [2.24, 2.45) is 0 Å². The Morgan fingerprint density at radius 2 is 1.82 bits per heavy atom. The number of phenols is 1. The van der Waals surface area contributed by atoms with Crippen molar-refractivity contribution >= 4 is 23.4 Å². The first kappa shape index (κ1) is 12.1. The summed E-state index contributed by atoms with van der Waals surface area (Å²) in [5, 5.41) is 10.3. The molecule has 0 heterocycles. The van der Waals surface area contributed by atoms with Gasteiger partial charge >= 0.3 is 0 Å². The molecule has 0 radical (unpaired) electrons. The topological polar surface area (TPSA) is 29.5 Å². The van der Waals surface area contributed by atoms with Crippen molar-refractivity contribution in [2.75, 3.05) is 7.11 Å². The molecule has 88 valence electrons. The van der Waals surface area contributed by atoms with Gasteiger partial charge in [0.15, 0.2) is 0 Å². The Hall–Kier alpha value is -1.32. The average molecular weight is 267 g/mol.